The largest absolute Gasteiger partial charge is 0.332 e. The second-order valence-electron chi connectivity index (χ2n) is 6.65. The van der Waals surface area contributed by atoms with Crippen LogP contribution < -0.4 is 10.9 Å². The molecule has 0 aliphatic rings. The van der Waals surface area contributed by atoms with Crippen molar-refractivity contribution < 1.29 is 18.1 Å². The number of nitrogens with zero attached hydrogens (tertiary/aromatic N) is 4. The Morgan fingerprint density at radius 3 is 2.58 bits per heavy atom. The first kappa shape index (κ1) is 20.1. The van der Waals surface area contributed by atoms with E-state index in [-0.39, 0.29) is 17.4 Å². The number of benzene rings is 2. The number of amides is 1. The first-order valence-corrected chi connectivity index (χ1v) is 9.13. The molecule has 4 rings (SSSR count). The summed E-state index contributed by atoms with van der Waals surface area (Å²) < 4.78 is 32.6. The molecule has 31 heavy (non-hydrogen) atoms. The molecule has 0 radical (unpaired) electrons. The van der Waals surface area contributed by atoms with Gasteiger partial charge in [0.05, 0.1) is 0 Å². The van der Waals surface area contributed by atoms with Crippen LogP contribution in [0.15, 0.2) is 63.9 Å². The summed E-state index contributed by atoms with van der Waals surface area (Å²) in [5.74, 6) is -1.21. The molecule has 1 amide bonds. The Balaban J connectivity index is 1.55. The van der Waals surface area contributed by atoms with Crippen LogP contribution in [0.4, 0.5) is 14.5 Å². The molecule has 0 aliphatic carbocycles. The summed E-state index contributed by atoms with van der Waals surface area (Å²) in [4.78, 5) is 28.7. The molecule has 0 fully saturated rings. The Bertz CT molecular complexity index is 1320. The normalized spacial score (nSPS) is 10.8. The van der Waals surface area contributed by atoms with E-state index in [1.807, 2.05) is 0 Å². The first-order valence-electron chi connectivity index (χ1n) is 9.13. The number of aromatic nitrogens is 4. The van der Waals surface area contributed by atoms with E-state index >= 15 is 0 Å². The van der Waals surface area contributed by atoms with Gasteiger partial charge in [-0.15, -0.1) is 0 Å². The van der Waals surface area contributed by atoms with Gasteiger partial charge in [-0.3, -0.25) is 9.59 Å². The van der Waals surface area contributed by atoms with Crippen LogP contribution in [0.2, 0.25) is 0 Å². The van der Waals surface area contributed by atoms with E-state index in [4.69, 9.17) is 4.52 Å². The lowest BCUT2D eigenvalue weighted by molar-refractivity contribution is -0.117. The van der Waals surface area contributed by atoms with Crippen molar-refractivity contribution in [2.45, 2.75) is 13.5 Å². The molecule has 0 saturated carbocycles. The molecule has 4 aromatic rings. The minimum absolute atomic E-state index is 0.0226. The van der Waals surface area contributed by atoms with Crippen molar-refractivity contribution in [3.05, 3.63) is 82.1 Å². The summed E-state index contributed by atoms with van der Waals surface area (Å²) in [7, 11) is 0. The molecule has 2 heterocycles. The fourth-order valence-electron chi connectivity index (χ4n) is 2.77. The topological polar surface area (TPSA) is 103 Å². The average molecular weight is 423 g/mol. The summed E-state index contributed by atoms with van der Waals surface area (Å²) in [6.07, 6.45) is 0. The molecule has 0 spiro atoms. The lowest BCUT2D eigenvalue weighted by atomic mass is 10.2. The quantitative estimate of drug-likeness (QED) is 0.529. The second-order valence-corrected chi connectivity index (χ2v) is 6.65. The van der Waals surface area contributed by atoms with Gasteiger partial charge in [-0.25, -0.2) is 13.5 Å². The van der Waals surface area contributed by atoms with Gasteiger partial charge in [0.1, 0.15) is 23.9 Å². The Labute approximate surface area is 174 Å². The summed E-state index contributed by atoms with van der Waals surface area (Å²) in [5.41, 5.74) is 1.16. The van der Waals surface area contributed by atoms with Crippen LogP contribution in [0, 0.1) is 18.6 Å². The number of nitrogens with one attached hydrogen (secondary N) is 1. The molecule has 0 saturated heterocycles. The third-order valence-electron chi connectivity index (χ3n) is 4.38. The van der Waals surface area contributed by atoms with Crippen LogP contribution in [0.1, 0.15) is 5.56 Å². The standard InChI is InChI=1S/C21H15F2N5O3/c1-12-2-5-15(23)10-17(12)24-18(29)11-28-19(30)9-8-16(26-28)21-25-20(27-31-21)13-3-6-14(22)7-4-13/h2-10H,11H2,1H3,(H,24,29). The predicted octanol–water partition coefficient (Wildman–Crippen LogP) is 3.19. The Hall–Kier alpha value is -4.21. The number of hydrogen-bond acceptors (Lipinski definition) is 6. The van der Waals surface area contributed by atoms with Crippen LogP contribution in [0.25, 0.3) is 23.0 Å². The molecule has 8 nitrogen and oxygen atoms in total. The monoisotopic (exact) mass is 423 g/mol. The maximum Gasteiger partial charge on any atom is 0.278 e. The van der Waals surface area contributed by atoms with Gasteiger partial charge in [0.2, 0.25) is 11.7 Å². The van der Waals surface area contributed by atoms with Gasteiger partial charge in [0.15, 0.2) is 0 Å². The summed E-state index contributed by atoms with van der Waals surface area (Å²) in [6.45, 7) is 1.32. The minimum Gasteiger partial charge on any atom is -0.332 e. The van der Waals surface area contributed by atoms with Gasteiger partial charge in [-0.1, -0.05) is 11.2 Å². The third-order valence-corrected chi connectivity index (χ3v) is 4.38. The third kappa shape index (κ3) is 4.53. The van der Waals surface area contributed by atoms with Crippen molar-refractivity contribution in [2.75, 3.05) is 5.32 Å². The van der Waals surface area contributed by atoms with E-state index in [1.54, 1.807) is 6.92 Å². The zero-order valence-electron chi connectivity index (χ0n) is 16.2. The zero-order chi connectivity index (χ0) is 22.0. The first-order chi connectivity index (χ1) is 14.9. The zero-order valence-corrected chi connectivity index (χ0v) is 16.2. The fourth-order valence-corrected chi connectivity index (χ4v) is 2.77. The Morgan fingerprint density at radius 2 is 1.81 bits per heavy atom. The van der Waals surface area contributed by atoms with Gasteiger partial charge >= 0.3 is 0 Å². The number of carbonyl (C=O) groups is 1. The van der Waals surface area contributed by atoms with Gasteiger partial charge in [0.25, 0.3) is 11.4 Å². The molecule has 2 aromatic heterocycles. The summed E-state index contributed by atoms with van der Waals surface area (Å²) >= 11 is 0. The smallest absolute Gasteiger partial charge is 0.278 e. The molecule has 0 unspecified atom stereocenters. The highest BCUT2D eigenvalue weighted by Crippen LogP contribution is 2.20. The molecule has 156 valence electrons. The molecule has 0 aliphatic heterocycles. The molecule has 1 N–H and O–H groups in total. The van der Waals surface area contributed by atoms with Crippen molar-refractivity contribution in [2.24, 2.45) is 0 Å². The van der Waals surface area contributed by atoms with E-state index in [9.17, 15) is 18.4 Å². The van der Waals surface area contributed by atoms with Gasteiger partial charge in [0, 0.05) is 17.3 Å². The van der Waals surface area contributed by atoms with Crippen molar-refractivity contribution in [3.8, 4) is 23.0 Å². The number of anilines is 1. The highest BCUT2D eigenvalue weighted by Gasteiger charge is 2.15. The lowest BCUT2D eigenvalue weighted by Crippen LogP contribution is -2.29. The number of hydrogen-bond donors (Lipinski definition) is 1. The second kappa shape index (κ2) is 8.27. The van der Waals surface area contributed by atoms with E-state index in [0.29, 0.717) is 16.8 Å². The predicted molar refractivity (Wildman–Crippen MR) is 107 cm³/mol. The van der Waals surface area contributed by atoms with Crippen LogP contribution >= 0.6 is 0 Å². The van der Waals surface area contributed by atoms with Crippen molar-refractivity contribution in [1.82, 2.24) is 19.9 Å². The van der Waals surface area contributed by atoms with E-state index in [0.717, 1.165) is 4.68 Å². The lowest BCUT2D eigenvalue weighted by Gasteiger charge is -2.09. The van der Waals surface area contributed by atoms with Crippen LogP contribution in [-0.4, -0.2) is 25.8 Å². The van der Waals surface area contributed by atoms with Gasteiger partial charge in [-0.2, -0.15) is 10.1 Å². The number of carbonyl (C=O) groups excluding carboxylic acids is 1. The van der Waals surface area contributed by atoms with E-state index in [2.05, 4.69) is 20.6 Å². The molecule has 2 aromatic carbocycles. The average Bonchev–Trinajstić information content (AvgIpc) is 3.23. The number of rotatable bonds is 5. The van der Waals surface area contributed by atoms with Crippen LogP contribution in [-0.2, 0) is 11.3 Å². The number of aryl methyl sites for hydroxylation is 1. The van der Waals surface area contributed by atoms with Crippen molar-refractivity contribution >= 4 is 11.6 Å². The highest BCUT2D eigenvalue weighted by molar-refractivity contribution is 5.91. The van der Waals surface area contributed by atoms with Crippen LogP contribution in [0.5, 0.6) is 0 Å². The van der Waals surface area contributed by atoms with Crippen molar-refractivity contribution in [3.63, 3.8) is 0 Å². The highest BCUT2D eigenvalue weighted by atomic mass is 19.1. The summed E-state index contributed by atoms with van der Waals surface area (Å²) in [5, 5.41) is 10.5. The molecule has 0 atom stereocenters. The van der Waals surface area contributed by atoms with E-state index in [1.165, 1.54) is 54.6 Å². The minimum atomic E-state index is -0.557. The Kier molecular flexibility index (Phi) is 5.35. The molecule has 0 bridgehead atoms. The maximum absolute atomic E-state index is 13.4. The molecule has 10 heteroatoms. The van der Waals surface area contributed by atoms with E-state index < -0.39 is 29.6 Å². The summed E-state index contributed by atoms with van der Waals surface area (Å²) in [6, 6.07) is 12.1. The molecular formula is C21H15F2N5O3. The number of halogens is 2. The van der Waals surface area contributed by atoms with Crippen molar-refractivity contribution in [1.29, 1.82) is 0 Å². The Morgan fingerprint density at radius 1 is 1.06 bits per heavy atom. The maximum atomic E-state index is 13.4. The molecular weight excluding hydrogens is 408 g/mol. The van der Waals surface area contributed by atoms with Gasteiger partial charge in [-0.05, 0) is 55.0 Å². The fraction of sp³-hybridized carbons (Fsp3) is 0.0952. The van der Waals surface area contributed by atoms with Crippen LogP contribution in [0.3, 0.4) is 0 Å². The van der Waals surface area contributed by atoms with Gasteiger partial charge < -0.3 is 9.84 Å². The SMILES string of the molecule is Cc1ccc(F)cc1NC(=O)Cn1nc(-c2nc(-c3ccc(F)cc3)no2)ccc1=O.